The number of ether oxygens (including phenoxy) is 1. The van der Waals surface area contributed by atoms with Crippen LogP contribution in [0.25, 0.3) is 0 Å². The van der Waals surface area contributed by atoms with Crippen molar-refractivity contribution in [1.82, 2.24) is 10.3 Å². The predicted octanol–water partition coefficient (Wildman–Crippen LogP) is 1.61. The lowest BCUT2D eigenvalue weighted by atomic mass is 10.1. The molecule has 1 aromatic heterocycles. The molecule has 0 unspecified atom stereocenters. The van der Waals surface area contributed by atoms with Crippen molar-refractivity contribution in [3.63, 3.8) is 0 Å². The number of aliphatic hydroxyl groups is 1. The van der Waals surface area contributed by atoms with Gasteiger partial charge in [0.2, 0.25) is 0 Å². The van der Waals surface area contributed by atoms with Gasteiger partial charge in [-0.3, -0.25) is 4.98 Å². The van der Waals surface area contributed by atoms with Crippen LogP contribution in [0.1, 0.15) is 37.6 Å². The van der Waals surface area contributed by atoms with Gasteiger partial charge >= 0.3 is 6.09 Å². The maximum atomic E-state index is 11.5. The molecule has 1 rings (SSSR count). The fourth-order valence-electron chi connectivity index (χ4n) is 1.49. The van der Waals surface area contributed by atoms with Crippen LogP contribution in [0.15, 0.2) is 6.20 Å². The molecule has 0 aliphatic rings. The van der Waals surface area contributed by atoms with Crippen molar-refractivity contribution in [2.24, 2.45) is 0 Å². The number of carbonyl (C=O) groups excluding carboxylic acids is 1. The Kier molecular flexibility index (Phi) is 4.72. The summed E-state index contributed by atoms with van der Waals surface area (Å²) in [5, 5.41) is 21.6. The van der Waals surface area contributed by atoms with Crippen molar-refractivity contribution in [3.05, 3.63) is 23.0 Å². The van der Waals surface area contributed by atoms with Gasteiger partial charge in [0, 0.05) is 17.3 Å². The molecular formula is C13H20N2O4. The lowest BCUT2D eigenvalue weighted by molar-refractivity contribution is 0.0523. The van der Waals surface area contributed by atoms with Gasteiger partial charge in [0.25, 0.3) is 0 Å². The molecule has 0 radical (unpaired) electrons. The first kappa shape index (κ1) is 15.2. The third kappa shape index (κ3) is 4.40. The second kappa shape index (κ2) is 5.88. The molecule has 1 heterocycles. The van der Waals surface area contributed by atoms with Gasteiger partial charge < -0.3 is 20.3 Å². The fraction of sp³-hybridized carbons (Fsp3) is 0.538. The number of carbonyl (C=O) groups is 1. The van der Waals surface area contributed by atoms with Crippen molar-refractivity contribution in [1.29, 1.82) is 0 Å². The standard InChI is InChI=1S/C13H20N2O4/c1-8-11(17)10(9(7-16)5-14-8)6-15-12(18)19-13(2,3)4/h5,16-17H,6-7H2,1-4H3,(H,15,18). The van der Waals surface area contributed by atoms with Crippen molar-refractivity contribution in [2.45, 2.75) is 46.4 Å². The van der Waals surface area contributed by atoms with Crippen LogP contribution in [0.4, 0.5) is 4.79 Å². The van der Waals surface area contributed by atoms with E-state index in [1.165, 1.54) is 6.20 Å². The summed E-state index contributed by atoms with van der Waals surface area (Å²) in [5.41, 5.74) is 0.776. The zero-order chi connectivity index (χ0) is 14.6. The summed E-state index contributed by atoms with van der Waals surface area (Å²) in [6.07, 6.45) is 0.895. The summed E-state index contributed by atoms with van der Waals surface area (Å²) in [7, 11) is 0. The highest BCUT2D eigenvalue weighted by atomic mass is 16.6. The van der Waals surface area contributed by atoms with E-state index < -0.39 is 11.7 Å². The lowest BCUT2D eigenvalue weighted by Crippen LogP contribution is -2.32. The van der Waals surface area contributed by atoms with Gasteiger partial charge in [-0.15, -0.1) is 0 Å². The van der Waals surface area contributed by atoms with Crippen LogP contribution < -0.4 is 5.32 Å². The summed E-state index contributed by atoms with van der Waals surface area (Å²) in [5.74, 6) is -0.0254. The van der Waals surface area contributed by atoms with Crippen LogP contribution >= 0.6 is 0 Å². The Balaban J connectivity index is 2.78. The number of aromatic hydroxyl groups is 1. The zero-order valence-electron chi connectivity index (χ0n) is 11.6. The van der Waals surface area contributed by atoms with Crippen LogP contribution in [0, 0.1) is 6.92 Å². The van der Waals surface area contributed by atoms with E-state index in [4.69, 9.17) is 4.74 Å². The molecule has 3 N–H and O–H groups in total. The largest absolute Gasteiger partial charge is 0.506 e. The van der Waals surface area contributed by atoms with Crippen molar-refractivity contribution in [3.8, 4) is 5.75 Å². The highest BCUT2D eigenvalue weighted by molar-refractivity contribution is 5.68. The van der Waals surface area contributed by atoms with E-state index >= 15 is 0 Å². The van der Waals surface area contributed by atoms with E-state index in [2.05, 4.69) is 10.3 Å². The number of aromatic nitrogens is 1. The van der Waals surface area contributed by atoms with E-state index in [1.807, 2.05) is 0 Å². The van der Waals surface area contributed by atoms with E-state index in [0.29, 0.717) is 16.8 Å². The summed E-state index contributed by atoms with van der Waals surface area (Å²) < 4.78 is 5.09. The molecular weight excluding hydrogens is 248 g/mol. The minimum absolute atomic E-state index is 0.0254. The molecule has 6 nitrogen and oxygen atoms in total. The number of nitrogens with zero attached hydrogens (tertiary/aromatic N) is 1. The molecule has 19 heavy (non-hydrogen) atoms. The molecule has 1 amide bonds. The van der Waals surface area contributed by atoms with Crippen molar-refractivity contribution in [2.75, 3.05) is 0 Å². The number of pyridine rings is 1. The third-order valence-corrected chi connectivity index (χ3v) is 2.41. The maximum Gasteiger partial charge on any atom is 0.407 e. The first-order valence-electron chi connectivity index (χ1n) is 5.98. The normalized spacial score (nSPS) is 11.2. The average molecular weight is 268 g/mol. The Morgan fingerprint density at radius 2 is 2.11 bits per heavy atom. The molecule has 0 aliphatic carbocycles. The van der Waals surface area contributed by atoms with Gasteiger partial charge in [-0.05, 0) is 27.7 Å². The van der Waals surface area contributed by atoms with E-state index in [1.54, 1.807) is 27.7 Å². The van der Waals surface area contributed by atoms with Crippen LogP contribution in [0.2, 0.25) is 0 Å². The van der Waals surface area contributed by atoms with E-state index in [9.17, 15) is 15.0 Å². The number of alkyl carbamates (subject to hydrolysis) is 1. The molecule has 1 aromatic rings. The van der Waals surface area contributed by atoms with Gasteiger partial charge in [-0.25, -0.2) is 4.79 Å². The number of nitrogens with one attached hydrogen (secondary N) is 1. The first-order valence-corrected chi connectivity index (χ1v) is 5.98. The summed E-state index contributed by atoms with van der Waals surface area (Å²) in [6.45, 7) is 6.75. The lowest BCUT2D eigenvalue weighted by Gasteiger charge is -2.20. The predicted molar refractivity (Wildman–Crippen MR) is 69.6 cm³/mol. The first-order chi connectivity index (χ1) is 8.74. The summed E-state index contributed by atoms with van der Waals surface area (Å²) >= 11 is 0. The second-order valence-electron chi connectivity index (χ2n) is 5.21. The Labute approximate surface area is 112 Å². The number of aryl methyl sites for hydroxylation is 1. The number of rotatable bonds is 3. The Morgan fingerprint density at radius 3 is 2.63 bits per heavy atom. The third-order valence-electron chi connectivity index (χ3n) is 2.41. The zero-order valence-corrected chi connectivity index (χ0v) is 11.6. The molecule has 0 spiro atoms. The molecule has 0 fully saturated rings. The molecule has 0 aliphatic heterocycles. The number of hydrogen-bond donors (Lipinski definition) is 3. The topological polar surface area (TPSA) is 91.7 Å². The Bertz CT molecular complexity index is 466. The number of amides is 1. The number of hydrogen-bond acceptors (Lipinski definition) is 5. The number of aliphatic hydroxyl groups excluding tert-OH is 1. The smallest absolute Gasteiger partial charge is 0.407 e. The fourth-order valence-corrected chi connectivity index (χ4v) is 1.49. The molecule has 106 valence electrons. The minimum Gasteiger partial charge on any atom is -0.506 e. The van der Waals surface area contributed by atoms with Crippen LogP contribution in [0.3, 0.4) is 0 Å². The molecule has 0 aromatic carbocycles. The minimum atomic E-state index is -0.583. The molecule has 6 heteroatoms. The van der Waals surface area contributed by atoms with Crippen molar-refractivity contribution < 1.29 is 19.7 Å². The Morgan fingerprint density at radius 1 is 1.47 bits per heavy atom. The van der Waals surface area contributed by atoms with Crippen molar-refractivity contribution >= 4 is 6.09 Å². The summed E-state index contributed by atoms with van der Waals surface area (Å²) in [6, 6.07) is 0. The molecule has 0 bridgehead atoms. The van der Waals surface area contributed by atoms with Crippen LogP contribution in [-0.2, 0) is 17.9 Å². The second-order valence-corrected chi connectivity index (χ2v) is 5.21. The van der Waals surface area contributed by atoms with Crippen LogP contribution in [-0.4, -0.2) is 26.9 Å². The Hall–Kier alpha value is -1.82. The van der Waals surface area contributed by atoms with Gasteiger partial charge in [-0.1, -0.05) is 0 Å². The highest BCUT2D eigenvalue weighted by Crippen LogP contribution is 2.23. The van der Waals surface area contributed by atoms with E-state index in [0.717, 1.165) is 0 Å². The maximum absolute atomic E-state index is 11.5. The highest BCUT2D eigenvalue weighted by Gasteiger charge is 2.17. The van der Waals surface area contributed by atoms with Gasteiger partial charge in [0.1, 0.15) is 11.4 Å². The van der Waals surface area contributed by atoms with Crippen LogP contribution in [0.5, 0.6) is 5.75 Å². The monoisotopic (exact) mass is 268 g/mol. The average Bonchev–Trinajstić information content (AvgIpc) is 2.28. The molecule has 0 atom stereocenters. The van der Waals surface area contributed by atoms with Gasteiger partial charge in [0.05, 0.1) is 18.8 Å². The summed E-state index contributed by atoms with van der Waals surface area (Å²) in [4.78, 5) is 15.5. The van der Waals surface area contributed by atoms with Gasteiger partial charge in [0.15, 0.2) is 0 Å². The van der Waals surface area contributed by atoms with Gasteiger partial charge in [-0.2, -0.15) is 0 Å². The SMILES string of the molecule is Cc1ncc(CO)c(CNC(=O)OC(C)(C)C)c1O. The molecule has 0 saturated carbocycles. The quantitative estimate of drug-likeness (QED) is 0.774. The molecule has 0 saturated heterocycles. The van der Waals surface area contributed by atoms with E-state index in [-0.39, 0.29) is 18.9 Å².